The monoisotopic (exact) mass is 768 g/mol. The van der Waals surface area contributed by atoms with Gasteiger partial charge in [0.05, 0.1) is 67.5 Å². The normalized spacial score (nSPS) is 58.2. The van der Waals surface area contributed by atoms with Gasteiger partial charge in [-0.1, -0.05) is 27.7 Å². The summed E-state index contributed by atoms with van der Waals surface area (Å²) in [5, 5.41) is 86.3. The van der Waals surface area contributed by atoms with Crippen molar-refractivity contribution in [3.8, 4) is 0 Å². The van der Waals surface area contributed by atoms with Crippen molar-refractivity contribution in [3.63, 3.8) is 0 Å². The summed E-state index contributed by atoms with van der Waals surface area (Å²) < 4.78 is 32.2. The van der Waals surface area contributed by atoms with Crippen LogP contribution in [0.5, 0.6) is 0 Å². The minimum Gasteiger partial charge on any atom is -0.396 e. The minimum absolute atomic E-state index is 0.00361. The fourth-order valence-electron chi connectivity index (χ4n) is 14.9. The molecule has 3 aliphatic heterocycles. The molecular formula is C41H68O13. The largest absolute Gasteiger partial charge is 0.396 e. The second kappa shape index (κ2) is 13.0. The van der Waals surface area contributed by atoms with Crippen molar-refractivity contribution in [2.45, 2.75) is 185 Å². The van der Waals surface area contributed by atoms with E-state index in [0.717, 1.165) is 38.5 Å². The summed E-state index contributed by atoms with van der Waals surface area (Å²) in [4.78, 5) is 0. The van der Waals surface area contributed by atoms with Crippen LogP contribution in [0.25, 0.3) is 0 Å². The first-order chi connectivity index (χ1) is 25.1. The Balaban J connectivity index is 1.15. The number of aliphatic hydroxyl groups excluding tert-OH is 7. The van der Waals surface area contributed by atoms with Gasteiger partial charge in [0.15, 0.2) is 12.6 Å². The standard InChI is InChI=1S/C41H68O13/c1-35(2)26(53-34-30(48)29(47)23(45)18-51-34)9-11-41-19-40(41)13-12-37(5)31(39(7)10-8-27(54-39)36(3,4)49)21(43)15-38(37,6)25(40)14-24(32(35)41)52-33-20(16-42)28(46)22(44)17-50-33/h20-34,42-49H,8-19H2,1-7H3. The van der Waals surface area contributed by atoms with Crippen LogP contribution < -0.4 is 0 Å². The summed E-state index contributed by atoms with van der Waals surface area (Å²) >= 11 is 0. The Hall–Kier alpha value is -0.520. The average molecular weight is 769 g/mol. The van der Waals surface area contributed by atoms with Gasteiger partial charge in [0.1, 0.15) is 24.4 Å². The topological polar surface area (TPSA) is 208 Å². The molecule has 0 aromatic carbocycles. The molecule has 20 atom stereocenters. The highest BCUT2D eigenvalue weighted by molar-refractivity contribution is 5.33. The quantitative estimate of drug-likeness (QED) is 0.174. The van der Waals surface area contributed by atoms with E-state index in [0.29, 0.717) is 19.3 Å². The summed E-state index contributed by atoms with van der Waals surface area (Å²) in [6.45, 7) is 14.1. The fraction of sp³-hybridized carbons (Fsp3) is 1.00. The lowest BCUT2D eigenvalue weighted by molar-refractivity contribution is -0.323. The van der Waals surface area contributed by atoms with Crippen molar-refractivity contribution in [2.24, 2.45) is 50.7 Å². The van der Waals surface area contributed by atoms with Crippen LogP contribution in [0, 0.1) is 50.7 Å². The first kappa shape index (κ1) is 40.3. The zero-order valence-electron chi connectivity index (χ0n) is 33.3. The van der Waals surface area contributed by atoms with Crippen LogP contribution in [0.1, 0.15) is 106 Å². The van der Waals surface area contributed by atoms with Gasteiger partial charge in [-0.2, -0.15) is 0 Å². The molecule has 2 spiro atoms. The summed E-state index contributed by atoms with van der Waals surface area (Å²) in [5.41, 5.74) is -2.78. The lowest BCUT2D eigenvalue weighted by atomic mass is 9.41. The third-order valence-electron chi connectivity index (χ3n) is 17.6. The maximum absolute atomic E-state index is 12.2. The van der Waals surface area contributed by atoms with Crippen molar-refractivity contribution in [1.29, 1.82) is 0 Å². The summed E-state index contributed by atoms with van der Waals surface area (Å²) in [7, 11) is 0. The first-order valence-corrected chi connectivity index (χ1v) is 20.7. The van der Waals surface area contributed by atoms with Crippen LogP contribution in [0.4, 0.5) is 0 Å². The van der Waals surface area contributed by atoms with Gasteiger partial charge in [-0.3, -0.25) is 0 Å². The van der Waals surface area contributed by atoms with Crippen LogP contribution in [-0.2, 0) is 23.7 Å². The molecule has 3 saturated heterocycles. The summed E-state index contributed by atoms with van der Waals surface area (Å²) in [5.74, 6) is -0.845. The molecule has 3 heterocycles. The maximum Gasteiger partial charge on any atom is 0.186 e. The van der Waals surface area contributed by atoms with E-state index in [1.54, 1.807) is 13.8 Å². The van der Waals surface area contributed by atoms with Gasteiger partial charge in [-0.25, -0.2) is 0 Å². The molecule has 0 amide bonds. The second-order valence-corrected chi connectivity index (χ2v) is 21.0. The van der Waals surface area contributed by atoms with Crippen molar-refractivity contribution in [1.82, 2.24) is 0 Å². The smallest absolute Gasteiger partial charge is 0.186 e. The fourth-order valence-corrected chi connectivity index (χ4v) is 14.9. The molecule has 8 aliphatic rings. The Kier molecular flexibility index (Phi) is 9.69. The Morgan fingerprint density at radius 2 is 1.37 bits per heavy atom. The molecule has 13 nitrogen and oxygen atoms in total. The second-order valence-electron chi connectivity index (χ2n) is 21.0. The van der Waals surface area contributed by atoms with E-state index in [-0.39, 0.29) is 64.8 Å². The number of hydrogen-bond donors (Lipinski definition) is 8. The number of aliphatic hydroxyl groups is 8. The van der Waals surface area contributed by atoms with Crippen LogP contribution in [-0.4, -0.2) is 139 Å². The zero-order chi connectivity index (χ0) is 39.2. The van der Waals surface area contributed by atoms with Gasteiger partial charge >= 0.3 is 0 Å². The Bertz CT molecular complexity index is 1420. The molecule has 8 fully saturated rings. The molecule has 8 rings (SSSR count). The average Bonchev–Trinajstić information content (AvgIpc) is 3.45. The molecule has 310 valence electrons. The molecule has 54 heavy (non-hydrogen) atoms. The highest BCUT2D eigenvalue weighted by atomic mass is 16.7. The van der Waals surface area contributed by atoms with Crippen LogP contribution in [0.2, 0.25) is 0 Å². The highest BCUT2D eigenvalue weighted by Gasteiger charge is 2.85. The van der Waals surface area contributed by atoms with Crippen molar-refractivity contribution >= 4 is 0 Å². The third-order valence-corrected chi connectivity index (χ3v) is 17.6. The number of fused-ring (bicyclic) bond motifs is 2. The van der Waals surface area contributed by atoms with Crippen LogP contribution in [0.3, 0.4) is 0 Å². The van der Waals surface area contributed by atoms with E-state index in [1.165, 1.54) is 0 Å². The van der Waals surface area contributed by atoms with E-state index in [2.05, 4.69) is 34.6 Å². The number of rotatable bonds is 7. The molecule has 13 heteroatoms. The number of hydrogen-bond acceptors (Lipinski definition) is 13. The molecule has 0 aromatic rings. The van der Waals surface area contributed by atoms with Gasteiger partial charge in [0, 0.05) is 5.92 Å². The maximum atomic E-state index is 12.2. The van der Waals surface area contributed by atoms with E-state index < -0.39 is 84.4 Å². The summed E-state index contributed by atoms with van der Waals surface area (Å²) in [6.07, 6.45) is -2.78. The van der Waals surface area contributed by atoms with E-state index in [4.69, 9.17) is 23.7 Å². The predicted octanol–water partition coefficient (Wildman–Crippen LogP) is 1.61. The molecule has 5 saturated carbocycles. The van der Waals surface area contributed by atoms with E-state index >= 15 is 0 Å². The van der Waals surface area contributed by atoms with Gasteiger partial charge in [-0.05, 0) is 117 Å². The summed E-state index contributed by atoms with van der Waals surface area (Å²) in [6, 6.07) is 0. The molecular weight excluding hydrogens is 700 g/mol. The first-order valence-electron chi connectivity index (χ1n) is 20.7. The van der Waals surface area contributed by atoms with Crippen molar-refractivity contribution in [3.05, 3.63) is 0 Å². The zero-order valence-corrected chi connectivity index (χ0v) is 33.3. The minimum atomic E-state index is -1.41. The third kappa shape index (κ3) is 5.50. The Morgan fingerprint density at radius 3 is 2.02 bits per heavy atom. The number of ether oxygens (including phenoxy) is 5. The molecule has 20 unspecified atom stereocenters. The van der Waals surface area contributed by atoms with Gasteiger partial charge < -0.3 is 64.5 Å². The van der Waals surface area contributed by atoms with Gasteiger partial charge in [-0.15, -0.1) is 0 Å². The lowest BCUT2D eigenvalue weighted by Gasteiger charge is -2.65. The van der Waals surface area contributed by atoms with E-state index in [9.17, 15) is 40.9 Å². The van der Waals surface area contributed by atoms with Crippen LogP contribution >= 0.6 is 0 Å². The Labute approximate surface area is 319 Å². The molecule has 8 N–H and O–H groups in total. The Morgan fingerprint density at radius 1 is 0.704 bits per heavy atom. The van der Waals surface area contributed by atoms with Crippen LogP contribution in [0.15, 0.2) is 0 Å². The SMILES string of the molecule is CC(C)(O)C1CCC(C)(C2C(O)CC3(C)C4CC(OC5OCC(O)C(O)C5CO)C5C(C)(C)C(OC6OCC(O)C(O)C6O)CCC56CC46CCC23C)O1. The van der Waals surface area contributed by atoms with E-state index in [1.807, 2.05) is 0 Å². The molecule has 0 bridgehead atoms. The molecule has 5 aliphatic carbocycles. The predicted molar refractivity (Wildman–Crippen MR) is 192 cm³/mol. The van der Waals surface area contributed by atoms with Crippen molar-refractivity contribution < 1.29 is 64.5 Å². The van der Waals surface area contributed by atoms with Gasteiger partial charge in [0.2, 0.25) is 0 Å². The van der Waals surface area contributed by atoms with Gasteiger partial charge in [0.25, 0.3) is 0 Å². The van der Waals surface area contributed by atoms with Crippen molar-refractivity contribution in [2.75, 3.05) is 19.8 Å². The highest BCUT2D eigenvalue weighted by Crippen LogP contribution is 2.89. The molecule has 0 radical (unpaired) electrons. The molecule has 0 aromatic heterocycles. The lowest BCUT2D eigenvalue weighted by Crippen LogP contribution is -2.64.